The minimum absolute atomic E-state index is 0.313. The summed E-state index contributed by atoms with van der Waals surface area (Å²) in [5, 5.41) is 32.7. The van der Waals surface area contributed by atoms with Crippen LogP contribution in [-0.4, -0.2) is 30.7 Å². The number of nitriles is 1. The number of rotatable bonds is 8. The van der Waals surface area contributed by atoms with Gasteiger partial charge in [-0.05, 0) is 60.2 Å². The third-order valence-electron chi connectivity index (χ3n) is 6.48. The average molecular weight is 601 g/mol. The highest BCUT2D eigenvalue weighted by Gasteiger charge is 2.58. The fourth-order valence-electron chi connectivity index (χ4n) is 4.17. The Hall–Kier alpha value is -5.04. The number of pyridine rings is 1. The number of thioether (sulfide) groups is 1. The molecule has 0 saturated heterocycles. The number of alkyl halides is 2. The van der Waals surface area contributed by atoms with Gasteiger partial charge in [0.25, 0.3) is 0 Å². The Kier molecular flexibility index (Phi) is 8.53. The zero-order valence-electron chi connectivity index (χ0n) is 22.1. The van der Waals surface area contributed by atoms with Crippen molar-refractivity contribution in [3.05, 3.63) is 136 Å². The van der Waals surface area contributed by atoms with Crippen LogP contribution in [0.4, 0.5) is 17.6 Å². The second kappa shape index (κ2) is 12.4. The molecule has 7 nitrogen and oxygen atoms in total. The first kappa shape index (κ1) is 29.5. The molecule has 43 heavy (non-hydrogen) atoms. The summed E-state index contributed by atoms with van der Waals surface area (Å²) >= 11 is 1.63. The maximum atomic E-state index is 15.9. The molecular weight excluding hydrogens is 580 g/mol. The summed E-state index contributed by atoms with van der Waals surface area (Å²) in [6.07, 6.45) is 0.179. The van der Waals surface area contributed by atoms with Crippen molar-refractivity contribution in [1.82, 2.24) is 25.6 Å². The van der Waals surface area contributed by atoms with Crippen molar-refractivity contribution in [3.8, 4) is 17.9 Å². The van der Waals surface area contributed by atoms with E-state index in [4.69, 9.17) is 5.26 Å². The van der Waals surface area contributed by atoms with Crippen molar-refractivity contribution in [2.45, 2.75) is 28.6 Å². The number of nitrogens with zero attached hydrogens (tertiary/aromatic N) is 5. The Morgan fingerprint density at radius 2 is 1.58 bits per heavy atom. The number of hydrogen-bond acceptors (Lipinski definition) is 7. The third kappa shape index (κ3) is 6.56. The molecule has 0 saturated carbocycles. The van der Waals surface area contributed by atoms with Crippen LogP contribution >= 0.6 is 11.8 Å². The van der Waals surface area contributed by atoms with Gasteiger partial charge in [0, 0.05) is 39.6 Å². The van der Waals surface area contributed by atoms with Gasteiger partial charge in [0.15, 0.2) is 11.4 Å². The van der Waals surface area contributed by atoms with Gasteiger partial charge < -0.3 is 5.11 Å². The van der Waals surface area contributed by atoms with Crippen LogP contribution in [0.15, 0.2) is 90.0 Å². The predicted octanol–water partition coefficient (Wildman–Crippen LogP) is 5.66. The summed E-state index contributed by atoms with van der Waals surface area (Å²) in [7, 11) is 0. The number of aliphatic hydroxyl groups is 1. The molecule has 5 aromatic rings. The molecule has 0 amide bonds. The van der Waals surface area contributed by atoms with Gasteiger partial charge in [-0.15, -0.1) is 22.0 Å². The molecule has 2 N–H and O–H groups in total. The molecule has 2 heterocycles. The maximum Gasteiger partial charge on any atom is 0.322 e. The Bertz CT molecular complexity index is 1810. The lowest BCUT2D eigenvalue weighted by Gasteiger charge is -2.35. The standard InChI is InChI=1S/C31H20F4N6OS/c32-24-10-13-26(27(33)15-24)30(42,16-29-38-40-41-39-29)31(34,35)28-14-9-22(18-37-28)4-1-20-2-5-23(6-3-20)19-43-25-11-7-21(17-36)8-12-25/h2-3,5-15,18,42H,16,19H2,(H,38,39,40,41). The summed E-state index contributed by atoms with van der Waals surface area (Å²) in [5.41, 5.74) is -2.25. The van der Waals surface area contributed by atoms with Crippen molar-refractivity contribution in [3.63, 3.8) is 0 Å². The van der Waals surface area contributed by atoms with Gasteiger partial charge in [0.2, 0.25) is 0 Å². The molecule has 12 heteroatoms. The normalized spacial score (nSPS) is 12.6. The maximum absolute atomic E-state index is 15.9. The fraction of sp³-hybridized carbons (Fsp3) is 0.129. The van der Waals surface area contributed by atoms with Crippen LogP contribution in [0.25, 0.3) is 0 Å². The van der Waals surface area contributed by atoms with E-state index in [9.17, 15) is 13.9 Å². The molecule has 1 atom stereocenters. The minimum atomic E-state index is -4.16. The number of halogens is 4. The summed E-state index contributed by atoms with van der Waals surface area (Å²) in [6, 6.07) is 21.2. The molecule has 2 aromatic heterocycles. The van der Waals surface area contributed by atoms with E-state index in [1.54, 1.807) is 23.9 Å². The molecule has 3 aromatic carbocycles. The second-order valence-electron chi connectivity index (χ2n) is 9.37. The van der Waals surface area contributed by atoms with Crippen LogP contribution < -0.4 is 0 Å². The first-order valence-electron chi connectivity index (χ1n) is 12.7. The lowest BCUT2D eigenvalue weighted by Crippen LogP contribution is -2.46. The topological polar surface area (TPSA) is 111 Å². The number of benzene rings is 3. The van der Waals surface area contributed by atoms with Crippen LogP contribution in [-0.2, 0) is 23.7 Å². The Balaban J connectivity index is 1.31. The van der Waals surface area contributed by atoms with Crippen LogP contribution in [0.1, 0.15) is 39.3 Å². The first-order valence-corrected chi connectivity index (χ1v) is 13.6. The number of tetrazole rings is 1. The van der Waals surface area contributed by atoms with Crippen molar-refractivity contribution in [1.29, 1.82) is 5.26 Å². The van der Waals surface area contributed by atoms with Crippen LogP contribution in [0.2, 0.25) is 0 Å². The van der Waals surface area contributed by atoms with Gasteiger partial charge in [-0.2, -0.15) is 19.3 Å². The summed E-state index contributed by atoms with van der Waals surface area (Å²) in [6.45, 7) is 0. The van der Waals surface area contributed by atoms with E-state index in [0.29, 0.717) is 22.8 Å². The van der Waals surface area contributed by atoms with Crippen molar-refractivity contribution >= 4 is 11.8 Å². The van der Waals surface area contributed by atoms with E-state index in [1.807, 2.05) is 36.4 Å². The summed E-state index contributed by atoms with van der Waals surface area (Å²) in [4.78, 5) is 4.86. The van der Waals surface area contributed by atoms with E-state index in [2.05, 4.69) is 43.5 Å². The lowest BCUT2D eigenvalue weighted by molar-refractivity contribution is -0.199. The highest BCUT2D eigenvalue weighted by molar-refractivity contribution is 7.98. The first-order chi connectivity index (χ1) is 20.7. The lowest BCUT2D eigenvalue weighted by atomic mass is 9.81. The number of aromatic amines is 1. The van der Waals surface area contributed by atoms with Gasteiger partial charge in [-0.3, -0.25) is 4.98 Å². The predicted molar refractivity (Wildman–Crippen MR) is 149 cm³/mol. The van der Waals surface area contributed by atoms with Gasteiger partial charge in [0.05, 0.1) is 18.1 Å². The van der Waals surface area contributed by atoms with Gasteiger partial charge in [0.1, 0.15) is 17.3 Å². The molecule has 0 radical (unpaired) electrons. The molecule has 214 valence electrons. The summed E-state index contributed by atoms with van der Waals surface area (Å²) < 4.78 is 60.0. The van der Waals surface area contributed by atoms with E-state index < -0.39 is 40.8 Å². The quantitative estimate of drug-likeness (QED) is 0.134. The van der Waals surface area contributed by atoms with Gasteiger partial charge in [-0.25, -0.2) is 8.78 Å². The largest absolute Gasteiger partial charge is 0.378 e. The molecule has 0 aliphatic rings. The molecule has 0 aliphatic carbocycles. The van der Waals surface area contributed by atoms with Crippen molar-refractivity contribution in [2.75, 3.05) is 0 Å². The number of aromatic nitrogens is 5. The SMILES string of the molecule is N#Cc1ccc(SCc2ccc(C#Cc3ccc(C(F)(F)C(O)(Cc4nn[nH]n4)c4ccc(F)cc4F)nc3)cc2)cc1. The third-order valence-corrected chi connectivity index (χ3v) is 7.56. The molecular formula is C31H20F4N6OS. The molecule has 1 unspecified atom stereocenters. The smallest absolute Gasteiger partial charge is 0.322 e. The van der Waals surface area contributed by atoms with Crippen molar-refractivity contribution in [2.24, 2.45) is 0 Å². The Morgan fingerprint density at radius 1 is 0.884 bits per heavy atom. The van der Waals surface area contributed by atoms with Crippen LogP contribution in [0.5, 0.6) is 0 Å². The van der Waals surface area contributed by atoms with E-state index in [-0.39, 0.29) is 5.82 Å². The fourth-order valence-corrected chi connectivity index (χ4v) is 5.03. The number of nitrogens with one attached hydrogen (secondary N) is 1. The Morgan fingerprint density at radius 3 is 2.21 bits per heavy atom. The Labute approximate surface area is 247 Å². The molecule has 0 fully saturated rings. The second-order valence-corrected chi connectivity index (χ2v) is 10.4. The van der Waals surface area contributed by atoms with Gasteiger partial charge >= 0.3 is 5.92 Å². The molecule has 0 bridgehead atoms. The molecule has 0 aliphatic heterocycles. The van der Waals surface area contributed by atoms with E-state index in [1.165, 1.54) is 6.07 Å². The average Bonchev–Trinajstić information content (AvgIpc) is 3.52. The number of hydrogen-bond donors (Lipinski definition) is 2. The van der Waals surface area contributed by atoms with Crippen LogP contribution in [0, 0.1) is 34.8 Å². The minimum Gasteiger partial charge on any atom is -0.378 e. The number of H-pyrrole nitrogens is 1. The highest BCUT2D eigenvalue weighted by Crippen LogP contribution is 2.47. The highest BCUT2D eigenvalue weighted by atomic mass is 32.2. The van der Waals surface area contributed by atoms with Crippen molar-refractivity contribution < 1.29 is 22.7 Å². The van der Waals surface area contributed by atoms with Gasteiger partial charge in [-0.1, -0.05) is 35.3 Å². The zero-order valence-corrected chi connectivity index (χ0v) is 22.9. The van der Waals surface area contributed by atoms with Crippen LogP contribution in [0.3, 0.4) is 0 Å². The monoisotopic (exact) mass is 600 g/mol. The molecule has 0 spiro atoms. The molecule has 5 rings (SSSR count). The van der Waals surface area contributed by atoms with E-state index in [0.717, 1.165) is 40.6 Å². The van der Waals surface area contributed by atoms with E-state index >= 15 is 8.78 Å². The zero-order chi connectivity index (χ0) is 30.5. The summed E-state index contributed by atoms with van der Waals surface area (Å²) in [5.74, 6) is -0.299.